The quantitative estimate of drug-likeness (QED) is 0.513. The molecule has 0 unspecified atom stereocenters. The summed E-state index contributed by atoms with van der Waals surface area (Å²) in [4.78, 5) is 11.9. The molecule has 3 aliphatic rings. The van der Waals surface area contributed by atoms with Crippen LogP contribution in [0.4, 0.5) is 0 Å². The molecule has 0 radical (unpaired) electrons. The van der Waals surface area contributed by atoms with Gasteiger partial charge in [-0.25, -0.2) is 0 Å². The Morgan fingerprint density at radius 3 is 2.87 bits per heavy atom. The van der Waals surface area contributed by atoms with Gasteiger partial charge in [-0.2, -0.15) is 0 Å². The van der Waals surface area contributed by atoms with Crippen molar-refractivity contribution in [1.82, 2.24) is 0 Å². The van der Waals surface area contributed by atoms with Crippen LogP contribution in [0.25, 0.3) is 0 Å². The Kier molecular flexibility index (Phi) is 2.28. The van der Waals surface area contributed by atoms with E-state index in [0.717, 1.165) is 32.3 Å². The maximum absolute atomic E-state index is 11.9. The topological polar surface area (TPSA) is 35.5 Å². The van der Waals surface area contributed by atoms with Gasteiger partial charge < -0.3 is 9.47 Å². The second kappa shape index (κ2) is 3.63. The molecule has 1 saturated heterocycles. The van der Waals surface area contributed by atoms with Gasteiger partial charge in [-0.1, -0.05) is 12.2 Å². The number of hydrogen-bond acceptors (Lipinski definition) is 3. The van der Waals surface area contributed by atoms with Crippen LogP contribution in [0.1, 0.15) is 25.7 Å². The Morgan fingerprint density at radius 1 is 1.33 bits per heavy atom. The lowest BCUT2D eigenvalue weighted by atomic mass is 9.94. The van der Waals surface area contributed by atoms with Crippen molar-refractivity contribution >= 4 is 5.97 Å². The summed E-state index contributed by atoms with van der Waals surface area (Å²) in [6, 6.07) is 0. The van der Waals surface area contributed by atoms with E-state index in [1.54, 1.807) is 0 Å². The molecule has 3 rings (SSSR count). The molecule has 3 nitrogen and oxygen atoms in total. The van der Waals surface area contributed by atoms with Crippen LogP contribution in [-0.4, -0.2) is 18.9 Å². The zero-order valence-electron chi connectivity index (χ0n) is 8.72. The van der Waals surface area contributed by atoms with Gasteiger partial charge in [0.1, 0.15) is 0 Å². The molecule has 1 aliphatic heterocycles. The third-order valence-electron chi connectivity index (χ3n) is 3.72. The minimum atomic E-state index is -0.263. The zero-order valence-corrected chi connectivity index (χ0v) is 8.72. The normalized spacial score (nSPS) is 42.4. The summed E-state index contributed by atoms with van der Waals surface area (Å²) in [6.07, 6.45) is 8.14. The molecule has 2 aliphatic carbocycles. The third-order valence-corrected chi connectivity index (χ3v) is 3.72. The predicted octanol–water partition coefficient (Wildman–Crippen LogP) is 1.88. The molecule has 0 aromatic carbocycles. The first-order valence-corrected chi connectivity index (χ1v) is 5.83. The smallest absolute Gasteiger partial charge is 0.311 e. The van der Waals surface area contributed by atoms with Crippen LogP contribution < -0.4 is 0 Å². The first kappa shape index (κ1) is 9.40. The van der Waals surface area contributed by atoms with Gasteiger partial charge in [0.15, 0.2) is 0 Å². The SMILES string of the molecule is O=C(O[C@H]1CCCO1)[C@H]1C[C@H]2C=C[C@@H]1C2. The molecular weight excluding hydrogens is 192 g/mol. The minimum Gasteiger partial charge on any atom is -0.436 e. The maximum Gasteiger partial charge on any atom is 0.311 e. The maximum atomic E-state index is 11.9. The molecule has 0 aromatic heterocycles. The molecule has 82 valence electrons. The third kappa shape index (κ3) is 1.69. The summed E-state index contributed by atoms with van der Waals surface area (Å²) in [7, 11) is 0. The van der Waals surface area contributed by atoms with E-state index in [0.29, 0.717) is 11.8 Å². The number of fused-ring (bicyclic) bond motifs is 2. The van der Waals surface area contributed by atoms with Crippen molar-refractivity contribution in [3.05, 3.63) is 12.2 Å². The summed E-state index contributed by atoms with van der Waals surface area (Å²) in [5.41, 5.74) is 0. The van der Waals surface area contributed by atoms with Crippen LogP contribution in [0, 0.1) is 17.8 Å². The first-order valence-electron chi connectivity index (χ1n) is 5.83. The van der Waals surface area contributed by atoms with E-state index in [4.69, 9.17) is 9.47 Å². The van der Waals surface area contributed by atoms with Crippen LogP contribution in [0.3, 0.4) is 0 Å². The Balaban J connectivity index is 1.58. The van der Waals surface area contributed by atoms with Crippen LogP contribution in [0.2, 0.25) is 0 Å². The van der Waals surface area contributed by atoms with Gasteiger partial charge in [-0.3, -0.25) is 4.79 Å². The molecule has 0 aromatic rings. The molecule has 1 saturated carbocycles. The molecule has 1 heterocycles. The van der Waals surface area contributed by atoms with E-state index in [1.165, 1.54) is 0 Å². The van der Waals surface area contributed by atoms with Crippen molar-refractivity contribution in [3.8, 4) is 0 Å². The second-order valence-electron chi connectivity index (χ2n) is 4.77. The van der Waals surface area contributed by atoms with E-state index < -0.39 is 0 Å². The van der Waals surface area contributed by atoms with E-state index in [2.05, 4.69) is 12.2 Å². The lowest BCUT2D eigenvalue weighted by molar-refractivity contribution is -0.175. The van der Waals surface area contributed by atoms with Crippen molar-refractivity contribution < 1.29 is 14.3 Å². The summed E-state index contributed by atoms with van der Waals surface area (Å²) in [6.45, 7) is 0.731. The average Bonchev–Trinajstić information content (AvgIpc) is 2.93. The Hall–Kier alpha value is -0.830. The number of rotatable bonds is 2. The zero-order chi connectivity index (χ0) is 10.3. The van der Waals surface area contributed by atoms with Crippen molar-refractivity contribution in [2.75, 3.05) is 6.61 Å². The van der Waals surface area contributed by atoms with Gasteiger partial charge in [0.05, 0.1) is 12.5 Å². The van der Waals surface area contributed by atoms with E-state index in [-0.39, 0.29) is 18.2 Å². The van der Waals surface area contributed by atoms with Crippen molar-refractivity contribution in [3.63, 3.8) is 0 Å². The lowest BCUT2D eigenvalue weighted by Crippen LogP contribution is -2.26. The highest BCUT2D eigenvalue weighted by atomic mass is 16.7. The lowest BCUT2D eigenvalue weighted by Gasteiger charge is -2.19. The fraction of sp³-hybridized carbons (Fsp3) is 0.750. The highest BCUT2D eigenvalue weighted by Crippen LogP contribution is 2.44. The van der Waals surface area contributed by atoms with Crippen LogP contribution in [0.15, 0.2) is 12.2 Å². The van der Waals surface area contributed by atoms with Crippen molar-refractivity contribution in [2.24, 2.45) is 17.8 Å². The Labute approximate surface area is 89.4 Å². The van der Waals surface area contributed by atoms with Crippen molar-refractivity contribution in [2.45, 2.75) is 32.0 Å². The molecule has 3 heteroatoms. The monoisotopic (exact) mass is 208 g/mol. The largest absolute Gasteiger partial charge is 0.436 e. The van der Waals surface area contributed by atoms with Crippen LogP contribution in [-0.2, 0) is 14.3 Å². The number of hydrogen-bond donors (Lipinski definition) is 0. The van der Waals surface area contributed by atoms with Gasteiger partial charge >= 0.3 is 5.97 Å². The predicted molar refractivity (Wildman–Crippen MR) is 53.9 cm³/mol. The average molecular weight is 208 g/mol. The van der Waals surface area contributed by atoms with Crippen molar-refractivity contribution in [1.29, 1.82) is 0 Å². The number of ether oxygens (including phenoxy) is 2. The van der Waals surface area contributed by atoms with Gasteiger partial charge in [0.2, 0.25) is 6.29 Å². The van der Waals surface area contributed by atoms with E-state index in [1.807, 2.05) is 0 Å². The number of carbonyl (C=O) groups excluding carboxylic acids is 1. The summed E-state index contributed by atoms with van der Waals surface area (Å²) in [5.74, 6) is 1.11. The number of allylic oxidation sites excluding steroid dienone is 2. The highest BCUT2D eigenvalue weighted by Gasteiger charge is 2.41. The minimum absolute atomic E-state index is 0.0428. The molecule has 0 N–H and O–H groups in total. The van der Waals surface area contributed by atoms with Crippen LogP contribution >= 0.6 is 0 Å². The molecule has 0 amide bonds. The van der Waals surface area contributed by atoms with Gasteiger partial charge in [0.25, 0.3) is 0 Å². The standard InChI is InChI=1S/C12H16O3/c13-12(15-11-2-1-5-14-11)10-7-8-3-4-9(10)6-8/h3-4,8-11H,1-2,5-7H2/t8-,9+,10-,11-/m0/s1. The fourth-order valence-corrected chi connectivity index (χ4v) is 2.91. The summed E-state index contributed by atoms with van der Waals surface area (Å²) < 4.78 is 10.7. The Morgan fingerprint density at radius 2 is 2.27 bits per heavy atom. The number of esters is 1. The molecule has 4 atom stereocenters. The Bertz CT molecular complexity index is 291. The first-order chi connectivity index (χ1) is 7.33. The van der Waals surface area contributed by atoms with Gasteiger partial charge in [0, 0.05) is 6.42 Å². The molecule has 2 fully saturated rings. The van der Waals surface area contributed by atoms with Gasteiger partial charge in [-0.15, -0.1) is 0 Å². The summed E-state index contributed by atoms with van der Waals surface area (Å²) >= 11 is 0. The van der Waals surface area contributed by atoms with Crippen LogP contribution in [0.5, 0.6) is 0 Å². The highest BCUT2D eigenvalue weighted by molar-refractivity contribution is 5.74. The second-order valence-corrected chi connectivity index (χ2v) is 4.77. The van der Waals surface area contributed by atoms with E-state index >= 15 is 0 Å². The van der Waals surface area contributed by atoms with E-state index in [9.17, 15) is 4.79 Å². The van der Waals surface area contributed by atoms with Gasteiger partial charge in [-0.05, 0) is 31.1 Å². The summed E-state index contributed by atoms with van der Waals surface area (Å²) in [5, 5.41) is 0. The molecular formula is C12H16O3. The number of carbonyl (C=O) groups is 1. The fourth-order valence-electron chi connectivity index (χ4n) is 2.91. The molecule has 2 bridgehead atoms. The molecule has 0 spiro atoms. The molecule has 15 heavy (non-hydrogen) atoms.